The van der Waals surface area contributed by atoms with Crippen LogP contribution in [0.15, 0.2) is 36.7 Å². The van der Waals surface area contributed by atoms with Crippen molar-refractivity contribution in [2.24, 2.45) is 0 Å². The molecule has 2 heterocycles. The van der Waals surface area contributed by atoms with Gasteiger partial charge in [0.25, 0.3) is 0 Å². The average molecular weight is 271 g/mol. The van der Waals surface area contributed by atoms with Crippen molar-refractivity contribution in [2.75, 3.05) is 6.54 Å². The van der Waals surface area contributed by atoms with Gasteiger partial charge in [0.05, 0.1) is 11.9 Å². The van der Waals surface area contributed by atoms with Crippen LogP contribution in [0.2, 0.25) is 0 Å². The molecule has 1 aromatic heterocycles. The molecule has 0 bridgehead atoms. The molecule has 2 aromatic rings. The molecule has 1 aliphatic heterocycles. The van der Waals surface area contributed by atoms with Crippen LogP contribution >= 0.6 is 0 Å². The molecule has 0 spiro atoms. The van der Waals surface area contributed by atoms with E-state index in [2.05, 4.69) is 5.10 Å². The van der Waals surface area contributed by atoms with Crippen LogP contribution in [0.1, 0.15) is 17.5 Å². The minimum atomic E-state index is -0.734. The molecule has 1 aliphatic rings. The van der Waals surface area contributed by atoms with Crippen LogP contribution in [0, 0.1) is 6.92 Å². The zero-order valence-corrected chi connectivity index (χ0v) is 11.4. The summed E-state index contributed by atoms with van der Waals surface area (Å²) >= 11 is 0. The van der Waals surface area contributed by atoms with E-state index < -0.39 is 5.97 Å². The number of benzene rings is 1. The molecule has 1 atom stereocenters. The van der Waals surface area contributed by atoms with Crippen LogP contribution in [0.25, 0.3) is 5.69 Å². The van der Waals surface area contributed by atoms with Gasteiger partial charge in [-0.2, -0.15) is 5.10 Å². The Balaban J connectivity index is 1.71. The fourth-order valence-electron chi connectivity index (χ4n) is 2.42. The summed E-state index contributed by atoms with van der Waals surface area (Å²) in [5, 5.41) is 13.4. The minimum absolute atomic E-state index is 0.335. The van der Waals surface area contributed by atoms with Gasteiger partial charge in [-0.25, -0.2) is 4.68 Å². The summed E-state index contributed by atoms with van der Waals surface area (Å²) in [4.78, 5) is 12.9. The second-order valence-electron chi connectivity index (χ2n) is 5.24. The summed E-state index contributed by atoms with van der Waals surface area (Å²) in [5.41, 5.74) is 3.27. The molecule has 1 fully saturated rings. The fourth-order valence-corrected chi connectivity index (χ4v) is 2.42. The van der Waals surface area contributed by atoms with Gasteiger partial charge >= 0.3 is 5.97 Å². The Morgan fingerprint density at radius 2 is 2.15 bits per heavy atom. The van der Waals surface area contributed by atoms with E-state index in [1.165, 1.54) is 5.56 Å². The number of likely N-dealkylation sites (tertiary alicyclic amines) is 1. The molecule has 0 radical (unpaired) electrons. The van der Waals surface area contributed by atoms with E-state index in [-0.39, 0.29) is 6.04 Å². The predicted molar refractivity (Wildman–Crippen MR) is 74.8 cm³/mol. The molecule has 1 aromatic carbocycles. The van der Waals surface area contributed by atoms with Crippen molar-refractivity contribution in [3.63, 3.8) is 0 Å². The van der Waals surface area contributed by atoms with Gasteiger partial charge in [0.15, 0.2) is 0 Å². The van der Waals surface area contributed by atoms with Gasteiger partial charge < -0.3 is 5.11 Å². The molecule has 1 saturated heterocycles. The van der Waals surface area contributed by atoms with E-state index in [0.717, 1.165) is 24.2 Å². The van der Waals surface area contributed by atoms with Crippen molar-refractivity contribution in [2.45, 2.75) is 25.9 Å². The van der Waals surface area contributed by atoms with Gasteiger partial charge in [-0.1, -0.05) is 17.7 Å². The lowest BCUT2D eigenvalue weighted by Gasteiger charge is -2.37. The molecule has 5 nitrogen and oxygen atoms in total. The van der Waals surface area contributed by atoms with Crippen LogP contribution in [0.3, 0.4) is 0 Å². The molecule has 1 N–H and O–H groups in total. The highest BCUT2D eigenvalue weighted by atomic mass is 16.4. The van der Waals surface area contributed by atoms with Crippen molar-refractivity contribution >= 4 is 5.97 Å². The number of aromatic nitrogens is 2. The number of nitrogens with zero attached hydrogens (tertiary/aromatic N) is 3. The Kier molecular flexibility index (Phi) is 3.28. The molecule has 0 saturated carbocycles. The number of carboxylic acids is 1. The van der Waals surface area contributed by atoms with Gasteiger partial charge in [0.2, 0.25) is 0 Å². The number of rotatable bonds is 4. The van der Waals surface area contributed by atoms with Gasteiger partial charge in [0, 0.05) is 24.8 Å². The maximum absolute atomic E-state index is 11.0. The highest BCUT2D eigenvalue weighted by Crippen LogP contribution is 2.21. The first kappa shape index (κ1) is 12.9. The van der Waals surface area contributed by atoms with Crippen molar-refractivity contribution in [1.29, 1.82) is 0 Å². The summed E-state index contributed by atoms with van der Waals surface area (Å²) in [6.07, 6.45) is 4.50. The number of hydrogen-bond donors (Lipinski definition) is 1. The normalized spacial score (nSPS) is 18.8. The molecular formula is C15H17N3O2. The quantitative estimate of drug-likeness (QED) is 0.922. The third-order valence-corrected chi connectivity index (χ3v) is 3.74. The minimum Gasteiger partial charge on any atom is -0.480 e. The van der Waals surface area contributed by atoms with Crippen molar-refractivity contribution in [3.8, 4) is 5.69 Å². The number of aryl methyl sites for hydroxylation is 1. The Hall–Kier alpha value is -2.14. The van der Waals surface area contributed by atoms with E-state index in [1.54, 1.807) is 6.20 Å². The number of carbonyl (C=O) groups is 1. The smallest absolute Gasteiger partial charge is 0.320 e. The average Bonchev–Trinajstić information content (AvgIpc) is 2.83. The monoisotopic (exact) mass is 271 g/mol. The topological polar surface area (TPSA) is 58.4 Å². The lowest BCUT2D eigenvalue weighted by atomic mass is 10.0. The third kappa shape index (κ3) is 2.44. The Morgan fingerprint density at radius 3 is 2.75 bits per heavy atom. The van der Waals surface area contributed by atoms with E-state index >= 15 is 0 Å². The van der Waals surface area contributed by atoms with E-state index in [1.807, 2.05) is 47.0 Å². The van der Waals surface area contributed by atoms with Gasteiger partial charge in [-0.15, -0.1) is 0 Å². The van der Waals surface area contributed by atoms with Crippen LogP contribution in [0.5, 0.6) is 0 Å². The van der Waals surface area contributed by atoms with Gasteiger partial charge in [0.1, 0.15) is 6.04 Å². The van der Waals surface area contributed by atoms with Crippen molar-refractivity contribution in [1.82, 2.24) is 14.7 Å². The maximum atomic E-state index is 11.0. The molecule has 20 heavy (non-hydrogen) atoms. The summed E-state index contributed by atoms with van der Waals surface area (Å²) in [6, 6.07) is 7.81. The first-order valence-corrected chi connectivity index (χ1v) is 6.71. The Bertz CT molecular complexity index is 618. The lowest BCUT2D eigenvalue weighted by molar-refractivity contribution is -0.148. The van der Waals surface area contributed by atoms with Crippen LogP contribution < -0.4 is 0 Å². The third-order valence-electron chi connectivity index (χ3n) is 3.74. The first-order valence-electron chi connectivity index (χ1n) is 6.71. The lowest BCUT2D eigenvalue weighted by Crippen LogP contribution is -2.51. The second kappa shape index (κ2) is 5.09. The molecule has 0 amide bonds. The maximum Gasteiger partial charge on any atom is 0.320 e. The summed E-state index contributed by atoms with van der Waals surface area (Å²) < 4.78 is 1.82. The fraction of sp³-hybridized carbons (Fsp3) is 0.333. The Morgan fingerprint density at radius 1 is 1.40 bits per heavy atom. The number of carboxylic acid groups (broad SMARTS) is 1. The van der Waals surface area contributed by atoms with Crippen molar-refractivity contribution in [3.05, 3.63) is 47.8 Å². The molecular weight excluding hydrogens is 254 g/mol. The number of hydrogen-bond acceptors (Lipinski definition) is 3. The zero-order valence-electron chi connectivity index (χ0n) is 11.4. The molecule has 5 heteroatoms. The number of aliphatic carboxylic acids is 1. The van der Waals surface area contributed by atoms with E-state index in [4.69, 9.17) is 5.11 Å². The standard InChI is InChI=1S/C15H17N3O2/c1-11-2-4-13(5-3-11)18-10-12(8-16-18)9-17-7-6-14(17)15(19)20/h2-5,8,10,14H,6-7,9H2,1H3,(H,19,20)/t14-/m0/s1. The summed E-state index contributed by atoms with van der Waals surface area (Å²) in [6.45, 7) is 3.53. The largest absolute Gasteiger partial charge is 0.480 e. The summed E-state index contributed by atoms with van der Waals surface area (Å²) in [7, 11) is 0. The molecule has 0 unspecified atom stereocenters. The van der Waals surface area contributed by atoms with Crippen LogP contribution in [-0.2, 0) is 11.3 Å². The zero-order chi connectivity index (χ0) is 14.1. The first-order chi connectivity index (χ1) is 9.63. The predicted octanol–water partition coefficient (Wildman–Crippen LogP) is 1.84. The highest BCUT2D eigenvalue weighted by molar-refractivity contribution is 5.74. The molecule has 3 rings (SSSR count). The molecule has 0 aliphatic carbocycles. The Labute approximate surface area is 117 Å². The highest BCUT2D eigenvalue weighted by Gasteiger charge is 2.33. The van der Waals surface area contributed by atoms with E-state index in [0.29, 0.717) is 6.54 Å². The SMILES string of the molecule is Cc1ccc(-n2cc(CN3CC[C@H]3C(=O)O)cn2)cc1. The van der Waals surface area contributed by atoms with Crippen molar-refractivity contribution < 1.29 is 9.90 Å². The second-order valence-corrected chi connectivity index (χ2v) is 5.24. The van der Waals surface area contributed by atoms with Crippen LogP contribution in [-0.4, -0.2) is 38.3 Å². The van der Waals surface area contributed by atoms with Gasteiger partial charge in [-0.3, -0.25) is 9.69 Å². The van der Waals surface area contributed by atoms with E-state index in [9.17, 15) is 4.79 Å². The van der Waals surface area contributed by atoms with Crippen LogP contribution in [0.4, 0.5) is 0 Å². The summed E-state index contributed by atoms with van der Waals surface area (Å²) in [5.74, 6) is -0.734. The van der Waals surface area contributed by atoms with Gasteiger partial charge in [-0.05, 0) is 25.5 Å². The molecule has 104 valence electrons.